The van der Waals surface area contributed by atoms with Gasteiger partial charge in [0.05, 0.1) is 12.4 Å². The molecule has 0 radical (unpaired) electrons. The van der Waals surface area contributed by atoms with Crippen molar-refractivity contribution in [3.63, 3.8) is 0 Å². The molecule has 0 saturated heterocycles. The van der Waals surface area contributed by atoms with E-state index >= 15 is 0 Å². The Hall–Kier alpha value is -1.52. The van der Waals surface area contributed by atoms with Crippen LogP contribution in [0.2, 0.25) is 10.0 Å². The van der Waals surface area contributed by atoms with E-state index in [-0.39, 0.29) is 0 Å². The van der Waals surface area contributed by atoms with Crippen LogP contribution in [0.4, 0.5) is 5.82 Å². The minimum absolute atomic E-state index is 0.371. The highest BCUT2D eigenvalue weighted by Crippen LogP contribution is 2.27. The summed E-state index contributed by atoms with van der Waals surface area (Å²) in [6.45, 7) is 0. The van der Waals surface area contributed by atoms with Crippen LogP contribution in [0.5, 0.6) is 11.6 Å². The van der Waals surface area contributed by atoms with E-state index in [9.17, 15) is 0 Å². The number of nitrogens with one attached hydrogen (secondary N) is 1. The zero-order valence-electron chi connectivity index (χ0n) is 8.95. The summed E-state index contributed by atoms with van der Waals surface area (Å²) in [4.78, 5) is 8.14. The summed E-state index contributed by atoms with van der Waals surface area (Å²) in [6.07, 6.45) is 3.10. The Morgan fingerprint density at radius 1 is 1.12 bits per heavy atom. The molecule has 0 spiro atoms. The van der Waals surface area contributed by atoms with Gasteiger partial charge < -0.3 is 10.1 Å². The Morgan fingerprint density at radius 3 is 2.47 bits per heavy atom. The molecule has 0 saturated carbocycles. The zero-order valence-corrected chi connectivity index (χ0v) is 10.5. The van der Waals surface area contributed by atoms with Crippen molar-refractivity contribution in [2.45, 2.75) is 0 Å². The summed E-state index contributed by atoms with van der Waals surface area (Å²) in [6, 6.07) is 4.94. The standard InChI is InChI=1S/C11H9Cl2N3O/c1-14-10-5-15-6-11(16-10)17-9-3-7(12)2-8(13)4-9/h2-6H,1H3,(H,14,16). The monoisotopic (exact) mass is 269 g/mol. The molecular weight excluding hydrogens is 261 g/mol. The first-order valence-corrected chi connectivity index (χ1v) is 5.57. The fraction of sp³-hybridized carbons (Fsp3) is 0.0909. The van der Waals surface area contributed by atoms with Gasteiger partial charge in [-0.05, 0) is 18.2 Å². The first-order valence-electron chi connectivity index (χ1n) is 4.81. The van der Waals surface area contributed by atoms with Gasteiger partial charge in [0.1, 0.15) is 11.6 Å². The number of aromatic nitrogens is 2. The van der Waals surface area contributed by atoms with Crippen LogP contribution in [-0.4, -0.2) is 17.0 Å². The molecule has 1 heterocycles. The minimum Gasteiger partial charge on any atom is -0.437 e. The molecule has 88 valence electrons. The second kappa shape index (κ2) is 5.21. The number of benzene rings is 1. The second-order valence-corrected chi connectivity index (χ2v) is 4.07. The first kappa shape index (κ1) is 12.0. The Bertz CT molecular complexity index is 514. The number of nitrogens with zero attached hydrogens (tertiary/aromatic N) is 2. The third kappa shape index (κ3) is 3.22. The molecule has 1 N–H and O–H groups in total. The molecule has 0 amide bonds. The summed E-state index contributed by atoms with van der Waals surface area (Å²) in [5.74, 6) is 1.51. The molecule has 0 fully saturated rings. The molecule has 1 aromatic carbocycles. The molecule has 0 unspecified atom stereocenters. The highest BCUT2D eigenvalue weighted by Gasteiger charge is 2.03. The largest absolute Gasteiger partial charge is 0.437 e. The van der Waals surface area contributed by atoms with Crippen molar-refractivity contribution in [2.75, 3.05) is 12.4 Å². The summed E-state index contributed by atoms with van der Waals surface area (Å²) in [7, 11) is 1.75. The average Bonchev–Trinajstić information content (AvgIpc) is 2.28. The van der Waals surface area contributed by atoms with Gasteiger partial charge in [0.25, 0.3) is 0 Å². The quantitative estimate of drug-likeness (QED) is 0.925. The molecule has 2 rings (SSSR count). The third-order valence-corrected chi connectivity index (χ3v) is 2.36. The Labute approximate surface area is 109 Å². The van der Waals surface area contributed by atoms with Crippen molar-refractivity contribution < 1.29 is 4.74 Å². The number of rotatable bonds is 3. The molecule has 0 aliphatic carbocycles. The van der Waals surface area contributed by atoms with E-state index in [0.29, 0.717) is 27.5 Å². The Morgan fingerprint density at radius 2 is 1.82 bits per heavy atom. The average molecular weight is 270 g/mol. The van der Waals surface area contributed by atoms with Crippen molar-refractivity contribution in [1.82, 2.24) is 9.97 Å². The molecule has 0 aliphatic heterocycles. The van der Waals surface area contributed by atoms with Crippen molar-refractivity contribution in [2.24, 2.45) is 0 Å². The van der Waals surface area contributed by atoms with E-state index < -0.39 is 0 Å². The highest BCUT2D eigenvalue weighted by molar-refractivity contribution is 6.34. The van der Waals surface area contributed by atoms with E-state index in [2.05, 4.69) is 15.3 Å². The number of halogens is 2. The van der Waals surface area contributed by atoms with Crippen LogP contribution in [0.15, 0.2) is 30.6 Å². The predicted molar refractivity (Wildman–Crippen MR) is 68.1 cm³/mol. The van der Waals surface area contributed by atoms with Crippen LogP contribution in [-0.2, 0) is 0 Å². The van der Waals surface area contributed by atoms with Gasteiger partial charge in [0.2, 0.25) is 5.88 Å². The number of hydrogen-bond donors (Lipinski definition) is 1. The molecule has 0 atom stereocenters. The number of hydrogen-bond acceptors (Lipinski definition) is 4. The maximum Gasteiger partial charge on any atom is 0.239 e. The van der Waals surface area contributed by atoms with Crippen molar-refractivity contribution >= 4 is 29.0 Å². The van der Waals surface area contributed by atoms with Crippen molar-refractivity contribution in [1.29, 1.82) is 0 Å². The van der Waals surface area contributed by atoms with Gasteiger partial charge in [-0.25, -0.2) is 0 Å². The molecule has 6 heteroatoms. The van der Waals surface area contributed by atoms with Crippen molar-refractivity contribution in [3.8, 4) is 11.6 Å². The van der Waals surface area contributed by atoms with Crippen LogP contribution in [0.3, 0.4) is 0 Å². The lowest BCUT2D eigenvalue weighted by Gasteiger charge is -2.06. The van der Waals surface area contributed by atoms with E-state index in [1.165, 1.54) is 6.20 Å². The van der Waals surface area contributed by atoms with Crippen molar-refractivity contribution in [3.05, 3.63) is 40.6 Å². The molecule has 0 aliphatic rings. The Kier molecular flexibility index (Phi) is 3.66. The second-order valence-electron chi connectivity index (χ2n) is 3.20. The summed E-state index contributed by atoms with van der Waals surface area (Å²) < 4.78 is 5.50. The SMILES string of the molecule is CNc1cncc(Oc2cc(Cl)cc(Cl)c2)n1. The summed E-state index contributed by atoms with van der Waals surface area (Å²) in [5.41, 5.74) is 0. The predicted octanol–water partition coefficient (Wildman–Crippen LogP) is 3.62. The van der Waals surface area contributed by atoms with Gasteiger partial charge in [0.15, 0.2) is 0 Å². The highest BCUT2D eigenvalue weighted by atomic mass is 35.5. The fourth-order valence-electron chi connectivity index (χ4n) is 1.23. The van der Waals surface area contributed by atoms with E-state index in [1.54, 1.807) is 31.4 Å². The Balaban J connectivity index is 2.24. The van der Waals surface area contributed by atoms with E-state index in [0.717, 1.165) is 0 Å². The van der Waals surface area contributed by atoms with Crippen LogP contribution < -0.4 is 10.1 Å². The van der Waals surface area contributed by atoms with E-state index in [1.807, 2.05) is 0 Å². The summed E-state index contributed by atoms with van der Waals surface area (Å²) >= 11 is 11.7. The van der Waals surface area contributed by atoms with Gasteiger partial charge in [-0.2, -0.15) is 4.98 Å². The molecule has 2 aromatic rings. The fourth-order valence-corrected chi connectivity index (χ4v) is 1.73. The van der Waals surface area contributed by atoms with Gasteiger partial charge in [0, 0.05) is 17.1 Å². The minimum atomic E-state index is 0.371. The molecular formula is C11H9Cl2N3O. The smallest absolute Gasteiger partial charge is 0.239 e. The van der Waals surface area contributed by atoms with E-state index in [4.69, 9.17) is 27.9 Å². The maximum absolute atomic E-state index is 5.86. The van der Waals surface area contributed by atoms with Gasteiger partial charge in [-0.3, -0.25) is 4.98 Å². The normalized spacial score (nSPS) is 10.1. The summed E-state index contributed by atoms with van der Waals surface area (Å²) in [5, 5.41) is 3.88. The van der Waals surface area contributed by atoms with Gasteiger partial charge in [-0.1, -0.05) is 23.2 Å². The van der Waals surface area contributed by atoms with Crippen LogP contribution in [0, 0.1) is 0 Å². The molecule has 17 heavy (non-hydrogen) atoms. The third-order valence-electron chi connectivity index (χ3n) is 1.93. The molecule has 1 aromatic heterocycles. The number of anilines is 1. The lowest BCUT2D eigenvalue weighted by molar-refractivity contribution is 0.461. The topological polar surface area (TPSA) is 47.0 Å². The first-order chi connectivity index (χ1) is 8.17. The number of ether oxygens (including phenoxy) is 1. The van der Waals surface area contributed by atoms with Crippen LogP contribution in [0.25, 0.3) is 0 Å². The lowest BCUT2D eigenvalue weighted by Crippen LogP contribution is -1.95. The van der Waals surface area contributed by atoms with Crippen LogP contribution >= 0.6 is 23.2 Å². The zero-order chi connectivity index (χ0) is 12.3. The lowest BCUT2D eigenvalue weighted by atomic mass is 10.3. The van der Waals surface area contributed by atoms with Crippen LogP contribution in [0.1, 0.15) is 0 Å². The van der Waals surface area contributed by atoms with Gasteiger partial charge >= 0.3 is 0 Å². The molecule has 4 nitrogen and oxygen atoms in total. The maximum atomic E-state index is 5.86. The molecule has 0 bridgehead atoms. The van der Waals surface area contributed by atoms with Gasteiger partial charge in [-0.15, -0.1) is 0 Å².